The van der Waals surface area contributed by atoms with E-state index in [4.69, 9.17) is 0 Å². The van der Waals surface area contributed by atoms with Gasteiger partial charge in [-0.05, 0) is 12.1 Å². The lowest BCUT2D eigenvalue weighted by atomic mass is 10.5. The summed E-state index contributed by atoms with van der Waals surface area (Å²) in [6, 6.07) is 1.79. The second-order valence-electron chi connectivity index (χ2n) is 2.07. The lowest BCUT2D eigenvalue weighted by Gasteiger charge is -2.06. The first kappa shape index (κ1) is 9.97. The van der Waals surface area contributed by atoms with Gasteiger partial charge in [0.25, 0.3) is 9.84 Å². The van der Waals surface area contributed by atoms with Crippen LogP contribution in [0.4, 0.5) is 13.2 Å². The van der Waals surface area contributed by atoms with Crippen molar-refractivity contribution in [3.8, 4) is 0 Å². The monoisotopic (exact) mass is 210 g/mol. The molecule has 71 valence electrons. The Morgan fingerprint density at radius 3 is 2.38 bits per heavy atom. The van der Waals surface area contributed by atoms with Crippen molar-refractivity contribution in [3.63, 3.8) is 0 Å². The second-order valence-corrected chi connectivity index (χ2v) is 4.01. The van der Waals surface area contributed by atoms with Gasteiger partial charge < -0.3 is 0 Å². The largest absolute Gasteiger partial charge is 0.501 e. The van der Waals surface area contributed by atoms with Crippen molar-refractivity contribution in [2.24, 2.45) is 0 Å². The highest BCUT2D eigenvalue weighted by molar-refractivity contribution is 7.92. The maximum absolute atomic E-state index is 11.9. The third kappa shape index (κ3) is 1.80. The van der Waals surface area contributed by atoms with E-state index in [9.17, 15) is 21.6 Å². The molecule has 0 atom stereocenters. The molecule has 0 aliphatic heterocycles. The van der Waals surface area contributed by atoms with Crippen LogP contribution in [0.1, 0.15) is 0 Å². The van der Waals surface area contributed by atoms with Gasteiger partial charge in [-0.2, -0.15) is 13.2 Å². The minimum Gasteiger partial charge on any atom is -0.253 e. The quantitative estimate of drug-likeness (QED) is 0.699. The average molecular weight is 210 g/mol. The molecule has 13 heavy (non-hydrogen) atoms. The second kappa shape index (κ2) is 2.99. The molecular formula is C6H3F3NO2S. The van der Waals surface area contributed by atoms with Gasteiger partial charge in [-0.1, -0.05) is 0 Å². The molecule has 1 radical (unpaired) electrons. The molecule has 0 unspecified atom stereocenters. The highest BCUT2D eigenvalue weighted by Crippen LogP contribution is 2.29. The Kier molecular flexibility index (Phi) is 2.29. The Labute approximate surface area is 72.1 Å². The Balaban J connectivity index is 3.26. The van der Waals surface area contributed by atoms with Crippen molar-refractivity contribution >= 4 is 9.84 Å². The fourth-order valence-corrected chi connectivity index (χ4v) is 1.30. The molecule has 1 aromatic heterocycles. The van der Waals surface area contributed by atoms with E-state index < -0.39 is 20.2 Å². The summed E-state index contributed by atoms with van der Waals surface area (Å²) in [4.78, 5) is 2.28. The first-order valence-electron chi connectivity index (χ1n) is 2.99. The van der Waals surface area contributed by atoms with Crippen molar-refractivity contribution in [2.45, 2.75) is 10.4 Å². The number of halogens is 3. The van der Waals surface area contributed by atoms with E-state index >= 15 is 0 Å². The van der Waals surface area contributed by atoms with Crippen LogP contribution in [0.15, 0.2) is 23.2 Å². The maximum atomic E-state index is 11.9. The topological polar surface area (TPSA) is 47.0 Å². The predicted octanol–water partition coefficient (Wildman–Crippen LogP) is 1.18. The average Bonchev–Trinajstić information content (AvgIpc) is 2.04. The zero-order chi connectivity index (χ0) is 10.1. The molecule has 0 aliphatic carbocycles. The molecule has 0 bridgehead atoms. The fourth-order valence-electron chi connectivity index (χ4n) is 0.599. The Hall–Kier alpha value is -1.11. The van der Waals surface area contributed by atoms with Gasteiger partial charge in [0.2, 0.25) is 0 Å². The molecule has 0 saturated carbocycles. The minimum absolute atomic E-state index is 0.600. The zero-order valence-corrected chi connectivity index (χ0v) is 6.85. The number of sulfone groups is 1. The normalized spacial score (nSPS) is 12.8. The number of nitrogens with zero attached hydrogens (tertiary/aromatic N) is 1. The third-order valence-electron chi connectivity index (χ3n) is 1.20. The summed E-state index contributed by atoms with van der Waals surface area (Å²) in [6.45, 7) is 0. The van der Waals surface area contributed by atoms with E-state index in [-0.39, 0.29) is 0 Å². The molecule has 1 rings (SSSR count). The molecule has 0 amide bonds. The van der Waals surface area contributed by atoms with Crippen LogP contribution in [-0.4, -0.2) is 18.9 Å². The highest BCUT2D eigenvalue weighted by atomic mass is 32.2. The number of alkyl halides is 3. The first-order valence-corrected chi connectivity index (χ1v) is 4.47. The lowest BCUT2D eigenvalue weighted by Crippen LogP contribution is -2.23. The number of hydrogen-bond donors (Lipinski definition) is 0. The highest BCUT2D eigenvalue weighted by Gasteiger charge is 2.46. The van der Waals surface area contributed by atoms with Gasteiger partial charge in [-0.3, -0.25) is 4.98 Å². The van der Waals surface area contributed by atoms with E-state index in [0.717, 1.165) is 12.1 Å². The molecule has 0 saturated heterocycles. The summed E-state index contributed by atoms with van der Waals surface area (Å²) in [5.41, 5.74) is -5.28. The van der Waals surface area contributed by atoms with Crippen LogP contribution in [0, 0.1) is 6.20 Å². The minimum atomic E-state index is -5.28. The Morgan fingerprint density at radius 1 is 1.38 bits per heavy atom. The Bertz CT molecular complexity index is 384. The zero-order valence-electron chi connectivity index (χ0n) is 6.04. The van der Waals surface area contributed by atoms with Gasteiger partial charge in [0.1, 0.15) is 0 Å². The summed E-state index contributed by atoms with van der Waals surface area (Å²) >= 11 is 0. The van der Waals surface area contributed by atoms with Crippen LogP contribution in [0.25, 0.3) is 0 Å². The van der Waals surface area contributed by atoms with Crippen molar-refractivity contribution in [2.75, 3.05) is 0 Å². The van der Waals surface area contributed by atoms with E-state index in [0.29, 0.717) is 6.20 Å². The molecule has 0 aliphatic rings. The van der Waals surface area contributed by atoms with Crippen LogP contribution < -0.4 is 0 Å². The number of aromatic nitrogens is 1. The number of pyridine rings is 1. The van der Waals surface area contributed by atoms with Crippen LogP contribution in [0.5, 0.6) is 0 Å². The summed E-state index contributed by atoms with van der Waals surface area (Å²) < 4.78 is 57.0. The molecule has 3 nitrogen and oxygen atoms in total. The van der Waals surface area contributed by atoms with Gasteiger partial charge >= 0.3 is 5.51 Å². The molecule has 1 heterocycles. The van der Waals surface area contributed by atoms with Crippen LogP contribution >= 0.6 is 0 Å². The van der Waals surface area contributed by atoms with E-state index in [1.807, 2.05) is 0 Å². The van der Waals surface area contributed by atoms with Gasteiger partial charge in [-0.15, -0.1) is 0 Å². The third-order valence-corrected chi connectivity index (χ3v) is 2.67. The van der Waals surface area contributed by atoms with Crippen LogP contribution in [0.2, 0.25) is 0 Å². The molecule has 7 heteroatoms. The summed E-state index contributed by atoms with van der Waals surface area (Å²) in [5, 5.41) is 0. The summed E-state index contributed by atoms with van der Waals surface area (Å²) in [6.07, 6.45) is 2.77. The van der Waals surface area contributed by atoms with E-state index in [2.05, 4.69) is 11.2 Å². The lowest BCUT2D eigenvalue weighted by molar-refractivity contribution is -0.0436. The predicted molar refractivity (Wildman–Crippen MR) is 36.3 cm³/mol. The molecule has 0 N–H and O–H groups in total. The summed E-state index contributed by atoms with van der Waals surface area (Å²) in [7, 11) is -5.26. The number of hydrogen-bond acceptors (Lipinski definition) is 3. The van der Waals surface area contributed by atoms with E-state index in [1.165, 1.54) is 0 Å². The van der Waals surface area contributed by atoms with Crippen molar-refractivity contribution in [3.05, 3.63) is 24.5 Å². The van der Waals surface area contributed by atoms with Crippen molar-refractivity contribution < 1.29 is 21.6 Å². The molecule has 0 spiro atoms. The molecular weight excluding hydrogens is 207 g/mol. The summed E-state index contributed by atoms with van der Waals surface area (Å²) in [5.74, 6) is 0. The standard InChI is InChI=1S/C6H3F3NO2S/c7-6(8,9)13(11,12)5-2-1-3-10-4-5/h1-2,4H. The van der Waals surface area contributed by atoms with Crippen molar-refractivity contribution in [1.82, 2.24) is 4.98 Å². The van der Waals surface area contributed by atoms with Gasteiger partial charge in [-0.25, -0.2) is 8.42 Å². The van der Waals surface area contributed by atoms with E-state index in [1.54, 1.807) is 0 Å². The smallest absolute Gasteiger partial charge is 0.253 e. The Morgan fingerprint density at radius 2 is 2.00 bits per heavy atom. The SMILES string of the molecule is O=S(=O)(c1cc[c]nc1)C(F)(F)F. The van der Waals surface area contributed by atoms with Crippen LogP contribution in [-0.2, 0) is 9.84 Å². The number of rotatable bonds is 1. The van der Waals surface area contributed by atoms with Crippen molar-refractivity contribution in [1.29, 1.82) is 0 Å². The van der Waals surface area contributed by atoms with Gasteiger partial charge in [0.05, 0.1) is 11.1 Å². The molecule has 0 fully saturated rings. The van der Waals surface area contributed by atoms with Crippen LogP contribution in [0.3, 0.4) is 0 Å². The molecule has 1 aromatic rings. The maximum Gasteiger partial charge on any atom is 0.501 e. The van der Waals surface area contributed by atoms with Gasteiger partial charge in [0, 0.05) is 6.20 Å². The first-order chi connectivity index (χ1) is 5.86. The molecule has 0 aromatic carbocycles. The fraction of sp³-hybridized carbons (Fsp3) is 0.167. The van der Waals surface area contributed by atoms with Gasteiger partial charge in [0.15, 0.2) is 0 Å².